The summed E-state index contributed by atoms with van der Waals surface area (Å²) in [5.74, 6) is -0.239. The molecule has 0 bridgehead atoms. The van der Waals surface area contributed by atoms with Crippen LogP contribution < -0.4 is 4.74 Å². The summed E-state index contributed by atoms with van der Waals surface area (Å²) < 4.78 is 34.8. The minimum absolute atomic E-state index is 0.0362. The van der Waals surface area contributed by atoms with Crippen molar-refractivity contribution in [2.24, 2.45) is 5.92 Å². The molecule has 3 rings (SSSR count). The Hall–Kier alpha value is -2.01. The number of aliphatic hydroxyl groups excluding tert-OH is 1. The quantitative estimate of drug-likeness (QED) is 0.661. The van der Waals surface area contributed by atoms with Crippen molar-refractivity contribution in [1.29, 1.82) is 0 Å². The second-order valence-electron chi connectivity index (χ2n) is 7.76. The molecule has 10 heteroatoms. The second kappa shape index (κ2) is 9.64. The summed E-state index contributed by atoms with van der Waals surface area (Å²) in [6.45, 7) is 3.64. The van der Waals surface area contributed by atoms with E-state index in [4.69, 9.17) is 4.74 Å². The van der Waals surface area contributed by atoms with Crippen molar-refractivity contribution in [2.75, 3.05) is 26.7 Å². The molecule has 1 aromatic heterocycles. The Morgan fingerprint density at radius 1 is 1.42 bits per heavy atom. The van der Waals surface area contributed by atoms with Gasteiger partial charge >= 0.3 is 0 Å². The summed E-state index contributed by atoms with van der Waals surface area (Å²) in [5, 5.41) is 9.67. The van der Waals surface area contributed by atoms with Gasteiger partial charge in [-0.3, -0.25) is 9.78 Å². The first-order chi connectivity index (χ1) is 14.6. The third-order valence-electron chi connectivity index (χ3n) is 5.34. The zero-order chi connectivity index (χ0) is 22.8. The predicted molar refractivity (Wildman–Crippen MR) is 119 cm³/mol. The fourth-order valence-electron chi connectivity index (χ4n) is 3.48. The van der Waals surface area contributed by atoms with Gasteiger partial charge in [-0.05, 0) is 37.3 Å². The van der Waals surface area contributed by atoms with Crippen LogP contribution in [-0.2, 0) is 10.0 Å². The molecule has 0 aliphatic carbocycles. The van der Waals surface area contributed by atoms with Crippen molar-refractivity contribution in [1.82, 2.24) is 14.2 Å². The Bertz CT molecular complexity index is 1030. The normalized spacial score (nSPS) is 21.8. The third kappa shape index (κ3) is 5.08. The Balaban J connectivity index is 1.96. The van der Waals surface area contributed by atoms with E-state index in [2.05, 4.69) is 20.9 Å². The minimum atomic E-state index is -3.88. The average molecular weight is 512 g/mol. The Morgan fingerprint density at radius 3 is 2.81 bits per heavy atom. The van der Waals surface area contributed by atoms with Crippen LogP contribution >= 0.6 is 15.9 Å². The standard InChI is InChI=1S/C21H26BrN3O5S/c1-14-11-25(15(2)13-26)31(28,29)20-7-6-17(22)9-18(20)30-19(14)12-24(3)21(27)16-5-4-8-23-10-16/h4-10,14-15,19,26H,11-13H2,1-3H3/t14-,15-,19+/m0/s1. The van der Waals surface area contributed by atoms with E-state index in [1.54, 1.807) is 49.3 Å². The van der Waals surface area contributed by atoms with Crippen LogP contribution in [0.25, 0.3) is 0 Å². The van der Waals surface area contributed by atoms with Crippen molar-refractivity contribution in [3.05, 3.63) is 52.8 Å². The highest BCUT2D eigenvalue weighted by Gasteiger charge is 2.38. The maximum atomic E-state index is 13.3. The summed E-state index contributed by atoms with van der Waals surface area (Å²) in [5.41, 5.74) is 0.463. The average Bonchev–Trinajstić information content (AvgIpc) is 2.75. The Morgan fingerprint density at radius 2 is 2.16 bits per heavy atom. The SMILES string of the molecule is C[C@H]1CN([C@@H](C)CO)S(=O)(=O)c2ccc(Br)cc2O[C@@H]1CN(C)C(=O)c1cccnc1. The molecular weight excluding hydrogens is 486 g/mol. The van der Waals surface area contributed by atoms with E-state index in [0.717, 1.165) is 0 Å². The molecule has 0 radical (unpaired) electrons. The van der Waals surface area contributed by atoms with Gasteiger partial charge in [0, 0.05) is 42.4 Å². The molecule has 0 spiro atoms. The Kier molecular flexibility index (Phi) is 7.35. The van der Waals surface area contributed by atoms with Gasteiger partial charge in [0.15, 0.2) is 0 Å². The van der Waals surface area contributed by atoms with Gasteiger partial charge in [0.1, 0.15) is 16.7 Å². The fraction of sp³-hybridized carbons (Fsp3) is 0.429. The molecule has 8 nitrogen and oxygen atoms in total. The maximum Gasteiger partial charge on any atom is 0.255 e. The number of likely N-dealkylation sites (N-methyl/N-ethyl adjacent to an activating group) is 1. The summed E-state index contributed by atoms with van der Waals surface area (Å²) in [7, 11) is -2.20. The number of hydrogen-bond acceptors (Lipinski definition) is 6. The van der Waals surface area contributed by atoms with Gasteiger partial charge in [0.2, 0.25) is 10.0 Å². The van der Waals surface area contributed by atoms with Crippen LogP contribution in [0.3, 0.4) is 0 Å². The number of carbonyl (C=O) groups excluding carboxylic acids is 1. The summed E-state index contributed by atoms with van der Waals surface area (Å²) in [6.07, 6.45) is 2.64. The van der Waals surface area contributed by atoms with Gasteiger partial charge < -0.3 is 14.7 Å². The highest BCUT2D eigenvalue weighted by Crippen LogP contribution is 2.35. The van der Waals surface area contributed by atoms with Crippen LogP contribution in [0.1, 0.15) is 24.2 Å². The number of hydrogen-bond donors (Lipinski definition) is 1. The molecule has 1 aromatic carbocycles. The van der Waals surface area contributed by atoms with Gasteiger partial charge in [-0.1, -0.05) is 22.9 Å². The van der Waals surface area contributed by atoms with Gasteiger partial charge in [0.05, 0.1) is 18.7 Å². The number of benzene rings is 1. The highest BCUT2D eigenvalue weighted by molar-refractivity contribution is 9.10. The first-order valence-corrected chi connectivity index (χ1v) is 12.1. The van der Waals surface area contributed by atoms with Crippen molar-refractivity contribution in [3.8, 4) is 5.75 Å². The molecule has 1 amide bonds. The van der Waals surface area contributed by atoms with Gasteiger partial charge in [-0.2, -0.15) is 4.31 Å². The molecule has 1 aliphatic rings. The van der Waals surface area contributed by atoms with Crippen molar-refractivity contribution >= 4 is 31.9 Å². The van der Waals surface area contributed by atoms with Crippen LogP contribution in [0.4, 0.5) is 0 Å². The lowest BCUT2D eigenvalue weighted by Crippen LogP contribution is -2.50. The zero-order valence-electron chi connectivity index (χ0n) is 17.6. The van der Waals surface area contributed by atoms with E-state index < -0.39 is 22.2 Å². The third-order valence-corrected chi connectivity index (χ3v) is 7.85. The number of amides is 1. The van der Waals surface area contributed by atoms with E-state index >= 15 is 0 Å². The topological polar surface area (TPSA) is 100 Å². The molecule has 0 saturated heterocycles. The van der Waals surface area contributed by atoms with Crippen LogP contribution in [0.5, 0.6) is 5.75 Å². The lowest BCUT2D eigenvalue weighted by molar-refractivity contribution is 0.0563. The monoisotopic (exact) mass is 511 g/mol. The first kappa shape index (κ1) is 23.6. The molecule has 2 aromatic rings. The van der Waals surface area contributed by atoms with Gasteiger partial charge in [0.25, 0.3) is 5.91 Å². The lowest BCUT2D eigenvalue weighted by Gasteiger charge is -2.37. The number of aromatic nitrogens is 1. The van der Waals surface area contributed by atoms with Crippen LogP contribution in [0.15, 0.2) is 52.1 Å². The van der Waals surface area contributed by atoms with Crippen molar-refractivity contribution in [2.45, 2.75) is 30.9 Å². The van der Waals surface area contributed by atoms with Crippen molar-refractivity contribution < 1.29 is 23.1 Å². The van der Waals surface area contributed by atoms with Crippen LogP contribution in [-0.4, -0.2) is 72.5 Å². The maximum absolute atomic E-state index is 13.3. The smallest absolute Gasteiger partial charge is 0.255 e. The number of aliphatic hydroxyl groups is 1. The molecule has 168 valence electrons. The number of nitrogens with zero attached hydrogens (tertiary/aromatic N) is 3. The predicted octanol–water partition coefficient (Wildman–Crippen LogP) is 2.38. The summed E-state index contributed by atoms with van der Waals surface area (Å²) >= 11 is 3.37. The highest BCUT2D eigenvalue weighted by atomic mass is 79.9. The van der Waals surface area contributed by atoms with Crippen molar-refractivity contribution in [3.63, 3.8) is 0 Å². The van der Waals surface area contributed by atoms with E-state index in [0.29, 0.717) is 10.0 Å². The molecule has 1 N–H and O–H groups in total. The molecule has 0 unspecified atom stereocenters. The van der Waals surface area contributed by atoms with E-state index in [-0.39, 0.29) is 42.2 Å². The number of ether oxygens (including phenoxy) is 1. The first-order valence-electron chi connectivity index (χ1n) is 9.89. The number of rotatable bonds is 5. The minimum Gasteiger partial charge on any atom is -0.487 e. The van der Waals surface area contributed by atoms with Crippen LogP contribution in [0, 0.1) is 5.92 Å². The molecular formula is C21H26BrN3O5S. The number of halogens is 1. The Labute approximate surface area is 191 Å². The van der Waals surface area contributed by atoms with E-state index in [1.165, 1.54) is 16.6 Å². The molecule has 2 heterocycles. The number of sulfonamides is 1. The lowest BCUT2D eigenvalue weighted by atomic mass is 10.0. The van der Waals surface area contributed by atoms with E-state index in [9.17, 15) is 18.3 Å². The van der Waals surface area contributed by atoms with E-state index in [1.807, 2.05) is 6.92 Å². The molecule has 0 fully saturated rings. The van der Waals surface area contributed by atoms with Crippen LogP contribution in [0.2, 0.25) is 0 Å². The molecule has 31 heavy (non-hydrogen) atoms. The number of fused-ring (bicyclic) bond motifs is 1. The zero-order valence-corrected chi connectivity index (χ0v) is 20.0. The summed E-state index contributed by atoms with van der Waals surface area (Å²) in [4.78, 5) is 18.4. The largest absolute Gasteiger partial charge is 0.487 e. The number of carbonyl (C=O) groups is 1. The van der Waals surface area contributed by atoms with Gasteiger partial charge in [-0.15, -0.1) is 0 Å². The molecule has 1 aliphatic heterocycles. The molecule has 3 atom stereocenters. The molecule has 0 saturated carbocycles. The summed E-state index contributed by atoms with van der Waals surface area (Å²) in [6, 6.07) is 7.53. The number of pyridine rings is 1. The van der Waals surface area contributed by atoms with Gasteiger partial charge in [-0.25, -0.2) is 8.42 Å². The fourth-order valence-corrected chi connectivity index (χ4v) is 5.65. The second-order valence-corrected chi connectivity index (χ2v) is 10.5.